The molecule has 0 aromatic heterocycles. The lowest BCUT2D eigenvalue weighted by atomic mass is 10.1. The first kappa shape index (κ1) is 28.5. The third-order valence-electron chi connectivity index (χ3n) is 4.92. The number of sulfonamides is 1. The molecule has 0 heterocycles. The first-order valence-electron chi connectivity index (χ1n) is 10.3. The van der Waals surface area contributed by atoms with Crippen LogP contribution < -0.4 is 9.62 Å². The van der Waals surface area contributed by atoms with Gasteiger partial charge in [-0.2, -0.15) is 0 Å². The van der Waals surface area contributed by atoms with Gasteiger partial charge in [0.15, 0.2) is 0 Å². The van der Waals surface area contributed by atoms with Gasteiger partial charge in [0, 0.05) is 38.7 Å². The molecule has 0 aliphatic carbocycles. The summed E-state index contributed by atoms with van der Waals surface area (Å²) in [4.78, 5) is 27.4. The molecule has 0 saturated carbocycles. The number of rotatable bonds is 10. The number of hydrogen-bond acceptors (Lipinski definition) is 4. The van der Waals surface area contributed by atoms with E-state index >= 15 is 0 Å². The Hall–Kier alpha value is -1.71. The highest BCUT2D eigenvalue weighted by Gasteiger charge is 2.31. The van der Waals surface area contributed by atoms with Gasteiger partial charge in [0.25, 0.3) is 0 Å². The number of carbonyl (C=O) groups excluding carboxylic acids is 2. The van der Waals surface area contributed by atoms with Crippen molar-refractivity contribution in [2.45, 2.75) is 32.9 Å². The zero-order chi connectivity index (χ0) is 25.6. The normalized spacial score (nSPS) is 12.2. The zero-order valence-electron chi connectivity index (χ0n) is 18.8. The van der Waals surface area contributed by atoms with Gasteiger partial charge in [0.2, 0.25) is 21.8 Å². The van der Waals surface area contributed by atoms with Gasteiger partial charge >= 0.3 is 0 Å². The van der Waals surface area contributed by atoms with Crippen LogP contribution in [-0.4, -0.2) is 50.5 Å². The molecule has 34 heavy (non-hydrogen) atoms. The Kier molecular flexibility index (Phi) is 10.3. The van der Waals surface area contributed by atoms with E-state index in [1.54, 1.807) is 25.1 Å². The second kappa shape index (κ2) is 12.3. The van der Waals surface area contributed by atoms with Crippen LogP contribution in [0.1, 0.15) is 25.8 Å². The second-order valence-electron chi connectivity index (χ2n) is 7.59. The maximum Gasteiger partial charge on any atom is 0.244 e. The van der Waals surface area contributed by atoms with Crippen LogP contribution >= 0.6 is 46.4 Å². The van der Waals surface area contributed by atoms with Gasteiger partial charge in [-0.25, -0.2) is 8.42 Å². The standard InChI is InChI=1S/C22H25Cl4N3O4S/c1-4-8-27-22(31)14(2)28(12-18-19(25)6-5-7-20(18)26)21(30)13-29(34(3,32)33)17-10-15(23)9-16(24)11-17/h5-7,9-11,14H,4,8,12-13H2,1-3H3,(H,27,31). The van der Waals surface area contributed by atoms with Crippen LogP contribution in [0.3, 0.4) is 0 Å². The van der Waals surface area contributed by atoms with Crippen LogP contribution in [0.5, 0.6) is 0 Å². The number of halogens is 4. The minimum absolute atomic E-state index is 0.105. The maximum atomic E-state index is 13.5. The average Bonchev–Trinajstić information content (AvgIpc) is 2.73. The molecule has 0 saturated heterocycles. The summed E-state index contributed by atoms with van der Waals surface area (Å²) in [6, 6.07) is 8.17. The number of anilines is 1. The van der Waals surface area contributed by atoms with Crippen molar-refractivity contribution in [2.24, 2.45) is 0 Å². The monoisotopic (exact) mass is 567 g/mol. The van der Waals surface area contributed by atoms with E-state index in [9.17, 15) is 18.0 Å². The van der Waals surface area contributed by atoms with Gasteiger partial charge in [-0.05, 0) is 43.7 Å². The molecule has 2 aromatic carbocycles. The molecule has 0 aliphatic heterocycles. The van der Waals surface area contributed by atoms with Crippen molar-refractivity contribution in [3.8, 4) is 0 Å². The Morgan fingerprint density at radius 2 is 1.59 bits per heavy atom. The van der Waals surface area contributed by atoms with Gasteiger partial charge in [-0.15, -0.1) is 0 Å². The molecule has 7 nitrogen and oxygen atoms in total. The van der Waals surface area contributed by atoms with Crippen molar-refractivity contribution in [1.29, 1.82) is 0 Å². The highest BCUT2D eigenvalue weighted by molar-refractivity contribution is 7.92. The van der Waals surface area contributed by atoms with Crippen molar-refractivity contribution in [2.75, 3.05) is 23.7 Å². The fourth-order valence-corrected chi connectivity index (χ4v) is 4.99. The third-order valence-corrected chi connectivity index (χ3v) is 7.21. The largest absolute Gasteiger partial charge is 0.354 e. The van der Waals surface area contributed by atoms with E-state index in [0.717, 1.165) is 10.6 Å². The number of nitrogens with one attached hydrogen (secondary N) is 1. The Bertz CT molecular complexity index is 1120. The van der Waals surface area contributed by atoms with E-state index in [2.05, 4.69) is 5.32 Å². The molecule has 2 rings (SSSR count). The Labute approximate surface area is 220 Å². The summed E-state index contributed by atoms with van der Waals surface area (Å²) in [5.74, 6) is -1.04. The van der Waals surface area contributed by atoms with Crippen LogP contribution in [-0.2, 0) is 26.2 Å². The summed E-state index contributed by atoms with van der Waals surface area (Å²) in [6.07, 6.45) is 1.67. The number of hydrogen-bond donors (Lipinski definition) is 1. The average molecular weight is 569 g/mol. The summed E-state index contributed by atoms with van der Waals surface area (Å²) in [5, 5.41) is 3.78. The number of nitrogens with zero attached hydrogens (tertiary/aromatic N) is 2. The molecule has 1 N–H and O–H groups in total. The predicted octanol–water partition coefficient (Wildman–Crippen LogP) is 5.01. The number of benzene rings is 2. The van der Waals surface area contributed by atoms with Crippen LogP contribution in [0.15, 0.2) is 36.4 Å². The molecule has 0 aliphatic rings. The highest BCUT2D eigenvalue weighted by atomic mass is 35.5. The van der Waals surface area contributed by atoms with E-state index in [4.69, 9.17) is 46.4 Å². The van der Waals surface area contributed by atoms with Crippen LogP contribution in [0.25, 0.3) is 0 Å². The molecule has 2 amide bonds. The minimum Gasteiger partial charge on any atom is -0.354 e. The van der Waals surface area contributed by atoms with Crippen molar-refractivity contribution < 1.29 is 18.0 Å². The van der Waals surface area contributed by atoms with Crippen LogP contribution in [0.4, 0.5) is 5.69 Å². The van der Waals surface area contributed by atoms with E-state index in [0.29, 0.717) is 28.6 Å². The van der Waals surface area contributed by atoms with E-state index < -0.39 is 34.4 Å². The Morgan fingerprint density at radius 3 is 2.09 bits per heavy atom. The van der Waals surface area contributed by atoms with Crippen LogP contribution in [0, 0.1) is 0 Å². The SMILES string of the molecule is CCCNC(=O)C(C)N(Cc1c(Cl)cccc1Cl)C(=O)CN(c1cc(Cl)cc(Cl)c1)S(C)(=O)=O. The molecular formula is C22H25Cl4N3O4S. The Balaban J connectivity index is 2.46. The van der Waals surface area contributed by atoms with Gasteiger partial charge in [0.1, 0.15) is 12.6 Å². The zero-order valence-corrected chi connectivity index (χ0v) is 22.7. The topological polar surface area (TPSA) is 86.8 Å². The smallest absolute Gasteiger partial charge is 0.244 e. The quantitative estimate of drug-likeness (QED) is 0.436. The second-order valence-corrected chi connectivity index (χ2v) is 11.2. The van der Waals surface area contributed by atoms with Gasteiger partial charge < -0.3 is 10.2 Å². The fraction of sp³-hybridized carbons (Fsp3) is 0.364. The summed E-state index contributed by atoms with van der Waals surface area (Å²) in [6.45, 7) is 3.18. The number of carbonyl (C=O) groups is 2. The van der Waals surface area contributed by atoms with Crippen molar-refractivity contribution in [3.63, 3.8) is 0 Å². The molecule has 1 atom stereocenters. The summed E-state index contributed by atoms with van der Waals surface area (Å²) >= 11 is 24.7. The summed E-state index contributed by atoms with van der Waals surface area (Å²) in [7, 11) is -3.91. The first-order valence-corrected chi connectivity index (χ1v) is 13.6. The van der Waals surface area contributed by atoms with Crippen molar-refractivity contribution in [3.05, 3.63) is 62.1 Å². The molecule has 0 bridgehead atoms. The molecule has 186 valence electrons. The third kappa shape index (κ3) is 7.65. The molecule has 0 fully saturated rings. The highest BCUT2D eigenvalue weighted by Crippen LogP contribution is 2.29. The molecule has 1 unspecified atom stereocenters. The lowest BCUT2D eigenvalue weighted by molar-refractivity contribution is -0.139. The maximum absolute atomic E-state index is 13.5. The summed E-state index contributed by atoms with van der Waals surface area (Å²) < 4.78 is 26.0. The van der Waals surface area contributed by atoms with Gasteiger partial charge in [0.05, 0.1) is 11.9 Å². The minimum atomic E-state index is -3.91. The lowest BCUT2D eigenvalue weighted by Gasteiger charge is -2.32. The van der Waals surface area contributed by atoms with Gasteiger partial charge in [-0.3, -0.25) is 13.9 Å². The molecule has 12 heteroatoms. The van der Waals surface area contributed by atoms with Crippen LogP contribution in [0.2, 0.25) is 20.1 Å². The predicted molar refractivity (Wildman–Crippen MR) is 138 cm³/mol. The van der Waals surface area contributed by atoms with E-state index in [-0.39, 0.29) is 22.3 Å². The van der Waals surface area contributed by atoms with Crippen molar-refractivity contribution >= 4 is 73.9 Å². The molecule has 2 aromatic rings. The molecular weight excluding hydrogens is 544 g/mol. The summed E-state index contributed by atoms with van der Waals surface area (Å²) in [5.41, 5.74) is 0.554. The molecule has 0 radical (unpaired) electrons. The van der Waals surface area contributed by atoms with Crippen molar-refractivity contribution in [1.82, 2.24) is 10.2 Å². The van der Waals surface area contributed by atoms with E-state index in [1.165, 1.54) is 23.1 Å². The number of amides is 2. The van der Waals surface area contributed by atoms with E-state index in [1.807, 2.05) is 6.92 Å². The Morgan fingerprint density at radius 1 is 1.03 bits per heavy atom. The first-order chi connectivity index (χ1) is 15.8. The fourth-order valence-electron chi connectivity index (χ4n) is 3.13. The lowest BCUT2D eigenvalue weighted by Crippen LogP contribution is -2.51. The molecule has 0 spiro atoms. The van der Waals surface area contributed by atoms with Gasteiger partial charge in [-0.1, -0.05) is 59.4 Å².